The Labute approximate surface area is 189 Å². The molecule has 3 aromatic carbocycles. The summed E-state index contributed by atoms with van der Waals surface area (Å²) in [6.45, 7) is 2.42. The van der Waals surface area contributed by atoms with E-state index in [1.807, 2.05) is 37.3 Å². The SMILES string of the molecule is Cc1ccc(CNC(=O)c2ccc3c(c2)N(Cc2c(F)cccc2Cl)C(=O)CS3)cc1. The molecule has 0 spiro atoms. The number of rotatable bonds is 5. The molecular weight excluding hydrogens is 435 g/mol. The number of aryl methyl sites for hydroxylation is 1. The zero-order valence-corrected chi connectivity index (χ0v) is 18.4. The van der Waals surface area contributed by atoms with Crippen molar-refractivity contribution in [2.45, 2.75) is 24.9 Å². The molecule has 3 aromatic rings. The number of carbonyl (C=O) groups is 2. The van der Waals surface area contributed by atoms with E-state index in [2.05, 4.69) is 5.32 Å². The summed E-state index contributed by atoms with van der Waals surface area (Å²) in [6.07, 6.45) is 0. The maximum absolute atomic E-state index is 14.3. The molecule has 158 valence electrons. The van der Waals surface area contributed by atoms with E-state index in [1.165, 1.54) is 28.8 Å². The van der Waals surface area contributed by atoms with E-state index in [1.54, 1.807) is 18.2 Å². The number of nitrogens with one attached hydrogen (secondary N) is 1. The average Bonchev–Trinajstić information content (AvgIpc) is 2.76. The third kappa shape index (κ3) is 4.75. The molecule has 0 fully saturated rings. The molecule has 0 radical (unpaired) electrons. The first-order valence-corrected chi connectivity index (χ1v) is 11.1. The van der Waals surface area contributed by atoms with Crippen LogP contribution in [0.4, 0.5) is 10.1 Å². The van der Waals surface area contributed by atoms with E-state index < -0.39 is 5.82 Å². The Hall–Kier alpha value is -2.83. The van der Waals surface area contributed by atoms with Gasteiger partial charge in [0.2, 0.25) is 5.91 Å². The second-order valence-electron chi connectivity index (χ2n) is 7.32. The molecule has 4 nitrogen and oxygen atoms in total. The molecule has 0 aliphatic carbocycles. The van der Waals surface area contributed by atoms with Crippen LogP contribution in [0, 0.1) is 12.7 Å². The zero-order chi connectivity index (χ0) is 22.0. The van der Waals surface area contributed by atoms with Gasteiger partial charge in [0.05, 0.1) is 18.0 Å². The smallest absolute Gasteiger partial charge is 0.251 e. The summed E-state index contributed by atoms with van der Waals surface area (Å²) in [4.78, 5) is 27.7. The number of anilines is 1. The van der Waals surface area contributed by atoms with Gasteiger partial charge >= 0.3 is 0 Å². The third-order valence-electron chi connectivity index (χ3n) is 5.12. The van der Waals surface area contributed by atoms with Crippen molar-refractivity contribution in [1.29, 1.82) is 0 Å². The maximum Gasteiger partial charge on any atom is 0.251 e. The molecule has 0 aromatic heterocycles. The summed E-state index contributed by atoms with van der Waals surface area (Å²) < 4.78 is 14.3. The lowest BCUT2D eigenvalue weighted by Gasteiger charge is -2.30. The highest BCUT2D eigenvalue weighted by atomic mass is 35.5. The summed E-state index contributed by atoms with van der Waals surface area (Å²) in [5.41, 5.74) is 3.43. The molecule has 4 rings (SSSR count). The fourth-order valence-corrected chi connectivity index (χ4v) is 4.49. The lowest BCUT2D eigenvalue weighted by Crippen LogP contribution is -2.35. The fourth-order valence-electron chi connectivity index (χ4n) is 3.35. The van der Waals surface area contributed by atoms with E-state index in [0.29, 0.717) is 17.8 Å². The molecule has 0 atom stereocenters. The number of hydrogen-bond donors (Lipinski definition) is 1. The predicted octanol–water partition coefficient (Wildman–Crippen LogP) is 5.36. The van der Waals surface area contributed by atoms with E-state index in [-0.39, 0.29) is 34.7 Å². The highest BCUT2D eigenvalue weighted by Gasteiger charge is 2.27. The summed E-state index contributed by atoms with van der Waals surface area (Å²) in [5.74, 6) is -0.616. The van der Waals surface area contributed by atoms with Crippen molar-refractivity contribution in [2.75, 3.05) is 10.7 Å². The van der Waals surface area contributed by atoms with Crippen molar-refractivity contribution in [1.82, 2.24) is 5.32 Å². The highest BCUT2D eigenvalue weighted by Crippen LogP contribution is 2.37. The molecule has 0 saturated carbocycles. The van der Waals surface area contributed by atoms with Crippen LogP contribution in [0.1, 0.15) is 27.0 Å². The van der Waals surface area contributed by atoms with Gasteiger partial charge in [-0.1, -0.05) is 47.5 Å². The number of fused-ring (bicyclic) bond motifs is 1. The molecule has 1 N–H and O–H groups in total. The standard InChI is InChI=1S/C24H20ClFN2O2S/c1-15-5-7-16(8-6-15)12-27-24(30)17-9-10-22-21(11-17)28(23(29)14-31-22)13-18-19(25)3-2-4-20(18)26/h2-11H,12-14H2,1H3,(H,27,30). The van der Waals surface area contributed by atoms with E-state index in [0.717, 1.165) is 16.0 Å². The first-order chi connectivity index (χ1) is 14.9. The van der Waals surface area contributed by atoms with Crippen molar-refractivity contribution in [3.05, 3.63) is 93.8 Å². The number of amides is 2. The number of halogens is 2. The summed E-state index contributed by atoms with van der Waals surface area (Å²) in [6, 6.07) is 17.6. The van der Waals surface area contributed by atoms with Crippen LogP contribution in [-0.4, -0.2) is 17.6 Å². The van der Waals surface area contributed by atoms with Crippen molar-refractivity contribution >= 4 is 40.9 Å². The minimum absolute atomic E-state index is 0.00629. The normalized spacial score (nSPS) is 13.1. The van der Waals surface area contributed by atoms with Crippen LogP contribution < -0.4 is 10.2 Å². The second-order valence-corrected chi connectivity index (χ2v) is 8.74. The molecule has 0 unspecified atom stereocenters. The summed E-state index contributed by atoms with van der Waals surface area (Å²) in [7, 11) is 0. The van der Waals surface area contributed by atoms with Gasteiger partial charge in [-0.25, -0.2) is 4.39 Å². The number of benzene rings is 3. The van der Waals surface area contributed by atoms with Crippen LogP contribution in [0.25, 0.3) is 0 Å². The van der Waals surface area contributed by atoms with E-state index >= 15 is 0 Å². The molecule has 31 heavy (non-hydrogen) atoms. The van der Waals surface area contributed by atoms with Gasteiger partial charge in [-0.3, -0.25) is 9.59 Å². The number of thioether (sulfide) groups is 1. The van der Waals surface area contributed by atoms with Crippen molar-refractivity contribution < 1.29 is 14.0 Å². The molecular formula is C24H20ClFN2O2S. The van der Waals surface area contributed by atoms with Crippen LogP contribution in [0.2, 0.25) is 5.02 Å². The zero-order valence-electron chi connectivity index (χ0n) is 16.8. The molecule has 1 aliphatic rings. The van der Waals surface area contributed by atoms with Gasteiger partial charge in [0, 0.05) is 27.6 Å². The number of nitrogens with zero attached hydrogens (tertiary/aromatic N) is 1. The molecule has 1 heterocycles. The van der Waals surface area contributed by atoms with Crippen LogP contribution in [0.15, 0.2) is 65.6 Å². The fraction of sp³-hybridized carbons (Fsp3) is 0.167. The van der Waals surface area contributed by atoms with Gasteiger partial charge in [0.25, 0.3) is 5.91 Å². The Morgan fingerprint density at radius 1 is 1.16 bits per heavy atom. The van der Waals surface area contributed by atoms with Crippen molar-refractivity contribution in [3.63, 3.8) is 0 Å². The monoisotopic (exact) mass is 454 g/mol. The van der Waals surface area contributed by atoms with Crippen LogP contribution in [0.5, 0.6) is 0 Å². The Balaban J connectivity index is 1.57. The van der Waals surface area contributed by atoms with Gasteiger partial charge in [-0.15, -0.1) is 11.8 Å². The van der Waals surface area contributed by atoms with Crippen molar-refractivity contribution in [3.8, 4) is 0 Å². The first-order valence-electron chi connectivity index (χ1n) is 9.76. The highest BCUT2D eigenvalue weighted by molar-refractivity contribution is 8.00. The molecule has 2 amide bonds. The van der Waals surface area contributed by atoms with E-state index in [9.17, 15) is 14.0 Å². The number of carbonyl (C=O) groups excluding carboxylic acids is 2. The van der Waals surface area contributed by atoms with Crippen LogP contribution in [0.3, 0.4) is 0 Å². The van der Waals surface area contributed by atoms with Gasteiger partial charge in [-0.05, 0) is 42.8 Å². The summed E-state index contributed by atoms with van der Waals surface area (Å²) in [5, 5.41) is 3.17. The Bertz CT molecular complexity index is 1130. The minimum Gasteiger partial charge on any atom is -0.348 e. The van der Waals surface area contributed by atoms with E-state index in [4.69, 9.17) is 11.6 Å². The van der Waals surface area contributed by atoms with Gasteiger partial charge < -0.3 is 10.2 Å². The van der Waals surface area contributed by atoms with Crippen LogP contribution in [-0.2, 0) is 17.9 Å². The Morgan fingerprint density at radius 2 is 1.94 bits per heavy atom. The molecule has 0 saturated heterocycles. The molecule has 7 heteroatoms. The second kappa shape index (κ2) is 9.12. The molecule has 1 aliphatic heterocycles. The summed E-state index contributed by atoms with van der Waals surface area (Å²) >= 11 is 7.57. The van der Waals surface area contributed by atoms with Gasteiger partial charge in [0.15, 0.2) is 0 Å². The predicted molar refractivity (Wildman–Crippen MR) is 122 cm³/mol. The lowest BCUT2D eigenvalue weighted by molar-refractivity contribution is -0.116. The molecule has 0 bridgehead atoms. The maximum atomic E-state index is 14.3. The van der Waals surface area contributed by atoms with Gasteiger partial charge in [0.1, 0.15) is 5.82 Å². The van der Waals surface area contributed by atoms with Crippen LogP contribution >= 0.6 is 23.4 Å². The largest absolute Gasteiger partial charge is 0.348 e. The third-order valence-corrected chi connectivity index (χ3v) is 6.52. The Kier molecular flexibility index (Phi) is 6.30. The lowest BCUT2D eigenvalue weighted by atomic mass is 10.1. The van der Waals surface area contributed by atoms with Gasteiger partial charge in [-0.2, -0.15) is 0 Å². The number of hydrogen-bond acceptors (Lipinski definition) is 3. The minimum atomic E-state index is -0.466. The first kappa shape index (κ1) is 21.4. The average molecular weight is 455 g/mol. The topological polar surface area (TPSA) is 49.4 Å². The Morgan fingerprint density at radius 3 is 2.68 bits per heavy atom. The quantitative estimate of drug-likeness (QED) is 0.564. The van der Waals surface area contributed by atoms with Crippen molar-refractivity contribution in [2.24, 2.45) is 0 Å².